The summed E-state index contributed by atoms with van der Waals surface area (Å²) < 4.78 is 3.64. The number of anilines is 1. The maximum atomic E-state index is 13.6. The van der Waals surface area contributed by atoms with Crippen molar-refractivity contribution in [2.75, 3.05) is 31.1 Å². The summed E-state index contributed by atoms with van der Waals surface area (Å²) in [5.41, 5.74) is 2.35. The minimum Gasteiger partial charge on any atom is -0.349 e. The Balaban J connectivity index is 1.48. The Hall–Kier alpha value is -3.57. The molecule has 0 spiro atoms. The van der Waals surface area contributed by atoms with Crippen LogP contribution in [0.5, 0.6) is 0 Å². The molecule has 0 aliphatic carbocycles. The molecule has 0 unspecified atom stereocenters. The van der Waals surface area contributed by atoms with Crippen molar-refractivity contribution in [3.05, 3.63) is 73.7 Å². The number of aromatic amines is 1. The van der Waals surface area contributed by atoms with Gasteiger partial charge in [-0.25, -0.2) is 14.8 Å². The average Bonchev–Trinajstić information content (AvgIpc) is 3.44. The normalized spacial score (nSPS) is 14.0. The lowest BCUT2D eigenvalue weighted by Gasteiger charge is -2.29. The van der Waals surface area contributed by atoms with Crippen molar-refractivity contribution in [2.24, 2.45) is 0 Å². The minimum atomic E-state index is -0.312. The van der Waals surface area contributed by atoms with Gasteiger partial charge in [0.2, 0.25) is 0 Å². The third kappa shape index (κ3) is 6.20. The van der Waals surface area contributed by atoms with E-state index in [1.54, 1.807) is 34.0 Å². The summed E-state index contributed by atoms with van der Waals surface area (Å²) in [6.45, 7) is 8.20. The van der Waals surface area contributed by atoms with Crippen LogP contribution in [0.4, 0.5) is 5.82 Å². The minimum absolute atomic E-state index is 0.159. The number of pyridine rings is 2. The van der Waals surface area contributed by atoms with E-state index in [1.807, 2.05) is 32.0 Å². The summed E-state index contributed by atoms with van der Waals surface area (Å²) in [4.78, 5) is 56.1. The number of nitrogens with one attached hydrogen (secondary N) is 1. The van der Waals surface area contributed by atoms with Crippen LogP contribution in [0.2, 0.25) is 0 Å². The van der Waals surface area contributed by atoms with Crippen LogP contribution in [-0.2, 0) is 13.1 Å². The number of piperidine rings is 1. The average molecular weight is 623 g/mol. The molecule has 5 heterocycles. The van der Waals surface area contributed by atoms with Crippen LogP contribution in [0.25, 0.3) is 22.3 Å². The molecule has 1 fully saturated rings. The first-order chi connectivity index (χ1) is 19.9. The lowest BCUT2D eigenvalue weighted by molar-refractivity contribution is 0.0981. The number of hydrogen-bond donors (Lipinski definition) is 1. The van der Waals surface area contributed by atoms with Crippen LogP contribution in [0.1, 0.15) is 56.3 Å². The second kappa shape index (κ2) is 12.9. The van der Waals surface area contributed by atoms with Crippen LogP contribution in [0.15, 0.2) is 56.9 Å². The number of aromatic nitrogens is 5. The van der Waals surface area contributed by atoms with Gasteiger partial charge in [-0.3, -0.25) is 23.6 Å². The molecule has 216 valence electrons. The largest absolute Gasteiger partial charge is 0.349 e. The fraction of sp³-hybridized carbons (Fsp3) is 0.433. The van der Waals surface area contributed by atoms with Crippen LogP contribution < -0.4 is 16.1 Å². The van der Waals surface area contributed by atoms with Gasteiger partial charge in [-0.05, 0) is 85.0 Å². The van der Waals surface area contributed by atoms with Gasteiger partial charge in [-0.2, -0.15) is 0 Å². The molecule has 1 aliphatic rings. The molecule has 0 radical (unpaired) electrons. The van der Waals surface area contributed by atoms with Crippen LogP contribution in [0.3, 0.4) is 0 Å². The Bertz CT molecular complexity index is 1620. The molecule has 4 aromatic rings. The molecule has 10 nitrogen and oxygen atoms in total. The lowest BCUT2D eigenvalue weighted by atomic mass is 10.1. The van der Waals surface area contributed by atoms with Crippen molar-refractivity contribution in [1.29, 1.82) is 0 Å². The fourth-order valence-corrected chi connectivity index (χ4v) is 5.65. The standard InChI is InChI=1S/C30H36BrN7O3/c1-3-12-36-24-18-23(34-27(24)29(40)38(13-4-2)30(36)41)21-9-11-26(33-19-21)37(17-16-35-14-6-5-7-15-35)28(39)22-8-10-25(31)32-20-22/h8-11,18-20,34H,3-7,12-17H2,1-2H3. The molecule has 0 saturated carbocycles. The van der Waals surface area contributed by atoms with Crippen molar-refractivity contribution < 1.29 is 4.79 Å². The van der Waals surface area contributed by atoms with Crippen LogP contribution >= 0.6 is 15.9 Å². The fourth-order valence-electron chi connectivity index (χ4n) is 5.41. The Morgan fingerprint density at radius 1 is 0.951 bits per heavy atom. The molecule has 0 bridgehead atoms. The van der Waals surface area contributed by atoms with Crippen molar-refractivity contribution >= 4 is 38.7 Å². The molecule has 11 heteroatoms. The van der Waals surface area contributed by atoms with Gasteiger partial charge in [-0.15, -0.1) is 0 Å². The Morgan fingerprint density at radius 3 is 2.37 bits per heavy atom. The van der Waals surface area contributed by atoms with E-state index in [0.29, 0.717) is 58.8 Å². The number of H-pyrrole nitrogens is 1. The highest BCUT2D eigenvalue weighted by Gasteiger charge is 2.22. The zero-order chi connectivity index (χ0) is 28.9. The first-order valence-electron chi connectivity index (χ1n) is 14.4. The van der Waals surface area contributed by atoms with Gasteiger partial charge in [0.25, 0.3) is 11.5 Å². The van der Waals surface area contributed by atoms with Crippen molar-refractivity contribution in [3.63, 3.8) is 0 Å². The molecule has 1 aliphatic heterocycles. The van der Waals surface area contributed by atoms with E-state index in [1.165, 1.54) is 23.8 Å². The highest BCUT2D eigenvalue weighted by atomic mass is 79.9. The first kappa shape index (κ1) is 28.9. The number of likely N-dealkylation sites (tertiary alicyclic amines) is 1. The monoisotopic (exact) mass is 621 g/mol. The van der Waals surface area contributed by atoms with Gasteiger partial charge in [0.1, 0.15) is 15.9 Å². The third-order valence-corrected chi connectivity index (χ3v) is 8.02. The van der Waals surface area contributed by atoms with E-state index in [9.17, 15) is 14.4 Å². The predicted molar refractivity (Wildman–Crippen MR) is 165 cm³/mol. The number of amides is 1. The number of halogens is 1. The highest BCUT2D eigenvalue weighted by molar-refractivity contribution is 9.10. The summed E-state index contributed by atoms with van der Waals surface area (Å²) >= 11 is 3.34. The molecule has 1 saturated heterocycles. The quantitative estimate of drug-likeness (QED) is 0.258. The number of hydrogen-bond acceptors (Lipinski definition) is 6. The van der Waals surface area contributed by atoms with Gasteiger partial charge in [0, 0.05) is 49.8 Å². The van der Waals surface area contributed by atoms with E-state index in [2.05, 4.69) is 35.8 Å². The Labute approximate surface area is 247 Å². The van der Waals surface area contributed by atoms with E-state index >= 15 is 0 Å². The van der Waals surface area contributed by atoms with Gasteiger partial charge in [0.05, 0.1) is 11.1 Å². The molecular weight excluding hydrogens is 586 g/mol. The first-order valence-corrected chi connectivity index (χ1v) is 15.2. The zero-order valence-electron chi connectivity index (χ0n) is 23.6. The second-order valence-electron chi connectivity index (χ2n) is 10.5. The third-order valence-electron chi connectivity index (χ3n) is 7.55. The van der Waals surface area contributed by atoms with Gasteiger partial charge in [0.15, 0.2) is 0 Å². The molecule has 1 amide bonds. The zero-order valence-corrected chi connectivity index (χ0v) is 25.2. The van der Waals surface area contributed by atoms with Gasteiger partial charge in [-0.1, -0.05) is 20.3 Å². The molecule has 0 aromatic carbocycles. The SMILES string of the molecule is CCCn1c(=O)c2[nH]c(-c3ccc(N(CCN4CCCCC4)C(=O)c4ccc(Br)nc4)nc3)cc2n(CCC)c1=O. The Morgan fingerprint density at radius 2 is 1.71 bits per heavy atom. The number of rotatable bonds is 10. The number of carbonyl (C=O) groups excluding carboxylic acids is 1. The number of aryl methyl sites for hydroxylation is 1. The summed E-state index contributed by atoms with van der Waals surface area (Å²) in [5.74, 6) is 0.385. The second-order valence-corrected chi connectivity index (χ2v) is 11.3. The predicted octanol–water partition coefficient (Wildman–Crippen LogP) is 4.66. The van der Waals surface area contributed by atoms with Gasteiger partial charge < -0.3 is 9.88 Å². The van der Waals surface area contributed by atoms with Crippen molar-refractivity contribution in [3.8, 4) is 11.3 Å². The summed E-state index contributed by atoms with van der Waals surface area (Å²) in [5, 5.41) is 0. The molecule has 0 atom stereocenters. The molecular formula is C30H36BrN7O3. The van der Waals surface area contributed by atoms with E-state index in [0.717, 1.165) is 31.6 Å². The number of nitrogens with zero attached hydrogens (tertiary/aromatic N) is 6. The molecule has 41 heavy (non-hydrogen) atoms. The summed E-state index contributed by atoms with van der Waals surface area (Å²) in [6.07, 6.45) is 8.34. The smallest absolute Gasteiger partial charge is 0.331 e. The topological polar surface area (TPSA) is 109 Å². The van der Waals surface area contributed by atoms with E-state index in [4.69, 9.17) is 0 Å². The maximum absolute atomic E-state index is 13.6. The highest BCUT2D eigenvalue weighted by Crippen LogP contribution is 2.24. The molecule has 5 rings (SSSR count). The van der Waals surface area contributed by atoms with E-state index in [-0.39, 0.29) is 17.2 Å². The number of fused-ring (bicyclic) bond motifs is 1. The van der Waals surface area contributed by atoms with Gasteiger partial charge >= 0.3 is 5.69 Å². The lowest BCUT2D eigenvalue weighted by Crippen LogP contribution is -2.41. The Kier molecular flexibility index (Phi) is 9.14. The van der Waals surface area contributed by atoms with E-state index < -0.39 is 0 Å². The maximum Gasteiger partial charge on any atom is 0.331 e. The molecule has 4 aromatic heterocycles. The summed E-state index contributed by atoms with van der Waals surface area (Å²) in [6, 6.07) is 9.08. The number of carbonyl (C=O) groups is 1. The summed E-state index contributed by atoms with van der Waals surface area (Å²) in [7, 11) is 0. The molecule has 1 N–H and O–H groups in total. The van der Waals surface area contributed by atoms with Crippen LogP contribution in [-0.4, -0.2) is 61.1 Å². The van der Waals surface area contributed by atoms with Crippen molar-refractivity contribution in [1.82, 2.24) is 29.0 Å². The van der Waals surface area contributed by atoms with Crippen molar-refractivity contribution in [2.45, 2.75) is 59.0 Å². The van der Waals surface area contributed by atoms with Crippen LogP contribution in [0, 0.1) is 0 Å².